The first-order chi connectivity index (χ1) is 15.5. The molecule has 32 heavy (non-hydrogen) atoms. The molecular weight excluding hydrogens is 404 g/mol. The molecule has 1 saturated heterocycles. The molecule has 0 atom stereocenters. The SMILES string of the molecule is Cc1nc(Nc2ccc(NC(=O)c3cccc(N(C)C)c3)cc2)cc(N2CCOCC2)n1. The monoisotopic (exact) mass is 432 g/mol. The minimum Gasteiger partial charge on any atom is -0.378 e. The summed E-state index contributed by atoms with van der Waals surface area (Å²) in [6.45, 7) is 4.94. The normalized spacial score (nSPS) is 13.5. The largest absolute Gasteiger partial charge is 0.378 e. The van der Waals surface area contributed by atoms with Crippen molar-refractivity contribution >= 4 is 34.6 Å². The third-order valence-electron chi connectivity index (χ3n) is 5.20. The van der Waals surface area contributed by atoms with E-state index in [1.807, 2.05) is 80.5 Å². The van der Waals surface area contributed by atoms with Gasteiger partial charge in [-0.05, 0) is 49.4 Å². The second kappa shape index (κ2) is 9.65. The Hall–Kier alpha value is -3.65. The summed E-state index contributed by atoms with van der Waals surface area (Å²) in [5.41, 5.74) is 3.20. The first-order valence-electron chi connectivity index (χ1n) is 10.6. The van der Waals surface area contributed by atoms with Crippen molar-refractivity contribution in [2.45, 2.75) is 6.92 Å². The Bertz CT molecular complexity index is 1080. The number of hydrogen-bond acceptors (Lipinski definition) is 7. The summed E-state index contributed by atoms with van der Waals surface area (Å²) in [5.74, 6) is 2.19. The van der Waals surface area contributed by atoms with Crippen LogP contribution in [0, 0.1) is 6.92 Å². The average molecular weight is 433 g/mol. The van der Waals surface area contributed by atoms with E-state index in [0.29, 0.717) is 24.6 Å². The first-order valence-corrected chi connectivity index (χ1v) is 10.6. The average Bonchev–Trinajstić information content (AvgIpc) is 2.80. The van der Waals surface area contributed by atoms with Crippen LogP contribution >= 0.6 is 0 Å². The summed E-state index contributed by atoms with van der Waals surface area (Å²) in [5, 5.41) is 6.28. The van der Waals surface area contributed by atoms with Crippen LogP contribution in [0.5, 0.6) is 0 Å². The molecule has 2 heterocycles. The highest BCUT2D eigenvalue weighted by Gasteiger charge is 2.14. The van der Waals surface area contributed by atoms with E-state index in [1.165, 1.54) is 0 Å². The fourth-order valence-corrected chi connectivity index (χ4v) is 3.48. The van der Waals surface area contributed by atoms with Gasteiger partial charge in [-0.25, -0.2) is 9.97 Å². The molecule has 1 amide bonds. The number of morpholine rings is 1. The second-order valence-corrected chi connectivity index (χ2v) is 7.86. The van der Waals surface area contributed by atoms with Gasteiger partial charge in [-0.15, -0.1) is 0 Å². The van der Waals surface area contributed by atoms with Crippen molar-refractivity contribution in [2.24, 2.45) is 0 Å². The molecular formula is C24H28N6O2. The van der Waals surface area contributed by atoms with Crippen LogP contribution in [0.4, 0.5) is 28.7 Å². The zero-order valence-electron chi connectivity index (χ0n) is 18.6. The van der Waals surface area contributed by atoms with Gasteiger partial charge in [0.05, 0.1) is 13.2 Å². The Balaban J connectivity index is 1.42. The van der Waals surface area contributed by atoms with Gasteiger partial charge in [0, 0.05) is 55.9 Å². The van der Waals surface area contributed by atoms with Crippen LogP contribution in [0.2, 0.25) is 0 Å². The summed E-state index contributed by atoms with van der Waals surface area (Å²) in [6.07, 6.45) is 0. The fourth-order valence-electron chi connectivity index (χ4n) is 3.48. The molecule has 166 valence electrons. The Morgan fingerprint density at radius 3 is 2.44 bits per heavy atom. The van der Waals surface area contributed by atoms with E-state index in [-0.39, 0.29) is 5.91 Å². The number of aryl methyl sites for hydroxylation is 1. The van der Waals surface area contributed by atoms with Gasteiger partial charge in [-0.3, -0.25) is 4.79 Å². The maximum atomic E-state index is 12.6. The van der Waals surface area contributed by atoms with Crippen molar-refractivity contribution in [2.75, 3.05) is 60.8 Å². The van der Waals surface area contributed by atoms with Crippen LogP contribution < -0.4 is 20.4 Å². The topological polar surface area (TPSA) is 82.6 Å². The van der Waals surface area contributed by atoms with Gasteiger partial charge >= 0.3 is 0 Å². The van der Waals surface area contributed by atoms with E-state index in [0.717, 1.165) is 41.8 Å². The lowest BCUT2D eigenvalue weighted by atomic mass is 10.1. The van der Waals surface area contributed by atoms with Gasteiger partial charge in [-0.2, -0.15) is 0 Å². The Morgan fingerprint density at radius 1 is 1.00 bits per heavy atom. The summed E-state index contributed by atoms with van der Waals surface area (Å²) >= 11 is 0. The molecule has 3 aromatic rings. The number of carbonyl (C=O) groups is 1. The van der Waals surface area contributed by atoms with E-state index in [9.17, 15) is 4.79 Å². The molecule has 4 rings (SSSR count). The standard InChI is InChI=1S/C24H28N6O2/c1-17-25-22(16-23(26-17)30-11-13-32-14-12-30)27-19-7-9-20(10-8-19)28-24(31)18-5-4-6-21(15-18)29(2)3/h4-10,15-16H,11-14H2,1-3H3,(H,28,31)(H,25,26,27). The van der Waals surface area contributed by atoms with Gasteiger partial charge in [0.15, 0.2) is 0 Å². The molecule has 0 bridgehead atoms. The second-order valence-electron chi connectivity index (χ2n) is 7.86. The van der Waals surface area contributed by atoms with E-state index >= 15 is 0 Å². The van der Waals surface area contributed by atoms with Gasteiger partial charge in [0.2, 0.25) is 0 Å². The minimum atomic E-state index is -0.143. The third-order valence-corrected chi connectivity index (χ3v) is 5.20. The molecule has 0 radical (unpaired) electrons. The molecule has 8 nitrogen and oxygen atoms in total. The highest BCUT2D eigenvalue weighted by molar-refractivity contribution is 6.04. The zero-order valence-corrected chi connectivity index (χ0v) is 18.6. The third kappa shape index (κ3) is 5.33. The van der Waals surface area contributed by atoms with Gasteiger partial charge in [0.25, 0.3) is 5.91 Å². The number of rotatable bonds is 6. The molecule has 0 saturated carbocycles. The maximum Gasteiger partial charge on any atom is 0.255 e. The molecule has 8 heteroatoms. The van der Waals surface area contributed by atoms with E-state index in [4.69, 9.17) is 4.74 Å². The number of nitrogens with zero attached hydrogens (tertiary/aromatic N) is 4. The maximum absolute atomic E-state index is 12.6. The van der Waals surface area contributed by atoms with Crippen molar-refractivity contribution in [3.05, 3.63) is 66.0 Å². The molecule has 0 unspecified atom stereocenters. The van der Waals surface area contributed by atoms with Crippen molar-refractivity contribution in [3.8, 4) is 0 Å². The van der Waals surface area contributed by atoms with Gasteiger partial charge in [-0.1, -0.05) is 6.07 Å². The first kappa shape index (κ1) is 21.6. The summed E-state index contributed by atoms with van der Waals surface area (Å²) in [7, 11) is 3.90. The van der Waals surface area contributed by atoms with Crippen LogP contribution in [0.15, 0.2) is 54.6 Å². The number of amides is 1. The van der Waals surface area contributed by atoms with Crippen LogP contribution in [0.25, 0.3) is 0 Å². The molecule has 1 aromatic heterocycles. The molecule has 0 spiro atoms. The number of aromatic nitrogens is 2. The molecule has 1 aliphatic rings. The number of ether oxygens (including phenoxy) is 1. The quantitative estimate of drug-likeness (QED) is 0.615. The lowest BCUT2D eigenvalue weighted by molar-refractivity contribution is 0.102. The number of benzene rings is 2. The number of carbonyl (C=O) groups excluding carboxylic acids is 1. The highest BCUT2D eigenvalue weighted by atomic mass is 16.5. The minimum absolute atomic E-state index is 0.143. The molecule has 1 fully saturated rings. The lowest BCUT2D eigenvalue weighted by Gasteiger charge is -2.28. The number of hydrogen-bond donors (Lipinski definition) is 2. The van der Waals surface area contributed by atoms with Crippen LogP contribution in [-0.2, 0) is 4.74 Å². The summed E-state index contributed by atoms with van der Waals surface area (Å²) in [6, 6.07) is 17.0. The molecule has 0 aliphatic carbocycles. The number of anilines is 5. The van der Waals surface area contributed by atoms with Crippen LogP contribution in [-0.4, -0.2) is 56.3 Å². The van der Waals surface area contributed by atoms with Gasteiger partial charge in [0.1, 0.15) is 17.5 Å². The van der Waals surface area contributed by atoms with Crippen molar-refractivity contribution in [1.82, 2.24) is 9.97 Å². The van der Waals surface area contributed by atoms with Crippen LogP contribution in [0.1, 0.15) is 16.2 Å². The Morgan fingerprint density at radius 2 is 1.72 bits per heavy atom. The lowest BCUT2D eigenvalue weighted by Crippen LogP contribution is -2.36. The van der Waals surface area contributed by atoms with E-state index in [2.05, 4.69) is 25.5 Å². The Labute approximate surface area is 188 Å². The predicted molar refractivity (Wildman–Crippen MR) is 128 cm³/mol. The van der Waals surface area contributed by atoms with E-state index < -0.39 is 0 Å². The van der Waals surface area contributed by atoms with Crippen molar-refractivity contribution < 1.29 is 9.53 Å². The molecule has 2 aromatic carbocycles. The number of nitrogens with one attached hydrogen (secondary N) is 2. The van der Waals surface area contributed by atoms with Crippen molar-refractivity contribution in [1.29, 1.82) is 0 Å². The summed E-state index contributed by atoms with van der Waals surface area (Å²) in [4.78, 5) is 25.8. The Kier molecular flexibility index (Phi) is 6.51. The fraction of sp³-hybridized carbons (Fsp3) is 0.292. The van der Waals surface area contributed by atoms with E-state index in [1.54, 1.807) is 0 Å². The van der Waals surface area contributed by atoms with Crippen LogP contribution in [0.3, 0.4) is 0 Å². The predicted octanol–water partition coefficient (Wildman–Crippen LogP) is 3.68. The van der Waals surface area contributed by atoms with Crippen molar-refractivity contribution in [3.63, 3.8) is 0 Å². The summed E-state index contributed by atoms with van der Waals surface area (Å²) < 4.78 is 5.43. The zero-order chi connectivity index (χ0) is 22.5. The van der Waals surface area contributed by atoms with Gasteiger partial charge < -0.3 is 25.2 Å². The molecule has 1 aliphatic heterocycles. The highest BCUT2D eigenvalue weighted by Crippen LogP contribution is 2.22. The molecule has 2 N–H and O–H groups in total. The smallest absolute Gasteiger partial charge is 0.255 e.